The van der Waals surface area contributed by atoms with Crippen LogP contribution < -0.4 is 4.74 Å². The van der Waals surface area contributed by atoms with Crippen LogP contribution in [0.1, 0.15) is 36.0 Å². The first kappa shape index (κ1) is 20.5. The fourth-order valence-electron chi connectivity index (χ4n) is 2.75. The molecule has 0 saturated heterocycles. The molecular formula is C22H27NO4. The van der Waals surface area contributed by atoms with Crippen LogP contribution in [0.2, 0.25) is 0 Å². The highest BCUT2D eigenvalue weighted by molar-refractivity contribution is 5.75. The van der Waals surface area contributed by atoms with Crippen molar-refractivity contribution in [1.82, 2.24) is 4.90 Å². The van der Waals surface area contributed by atoms with Gasteiger partial charge in [-0.25, -0.2) is 4.79 Å². The van der Waals surface area contributed by atoms with E-state index in [1.165, 1.54) is 11.1 Å². The number of nitrogens with zero attached hydrogens (tertiary/aromatic N) is 1. The topological polar surface area (TPSA) is 66.8 Å². The number of unbranched alkanes of at least 4 members (excludes halogenated alkanes) is 1. The molecule has 2 rings (SSSR count). The first-order valence-electron chi connectivity index (χ1n) is 9.17. The van der Waals surface area contributed by atoms with Crippen molar-refractivity contribution in [1.29, 1.82) is 0 Å². The first-order chi connectivity index (χ1) is 12.9. The van der Waals surface area contributed by atoms with E-state index < -0.39 is 5.97 Å². The number of hydrogen-bond donors (Lipinski definition) is 1. The van der Waals surface area contributed by atoms with Gasteiger partial charge in [0.2, 0.25) is 5.91 Å². The molecule has 0 fully saturated rings. The summed E-state index contributed by atoms with van der Waals surface area (Å²) in [6, 6.07) is 15.7. The number of ether oxygens (including phenoxy) is 1. The molecule has 0 aliphatic rings. The third kappa shape index (κ3) is 7.52. The minimum absolute atomic E-state index is 0.130. The third-order valence-corrected chi connectivity index (χ3v) is 4.36. The molecule has 0 unspecified atom stereocenters. The smallest absolute Gasteiger partial charge is 0.341 e. The second kappa shape index (κ2) is 10.4. The molecule has 0 heterocycles. The summed E-state index contributed by atoms with van der Waals surface area (Å²) in [6.45, 7) is 2.24. The molecule has 5 nitrogen and oxygen atoms in total. The van der Waals surface area contributed by atoms with Gasteiger partial charge in [0.25, 0.3) is 0 Å². The Morgan fingerprint density at radius 3 is 2.22 bits per heavy atom. The minimum Gasteiger partial charge on any atom is -0.482 e. The summed E-state index contributed by atoms with van der Waals surface area (Å²) in [7, 11) is 1.80. The maximum absolute atomic E-state index is 12.3. The van der Waals surface area contributed by atoms with Crippen molar-refractivity contribution in [2.45, 2.75) is 39.2 Å². The van der Waals surface area contributed by atoms with Crippen molar-refractivity contribution in [3.05, 3.63) is 65.2 Å². The van der Waals surface area contributed by atoms with Gasteiger partial charge < -0.3 is 14.7 Å². The van der Waals surface area contributed by atoms with E-state index in [2.05, 4.69) is 31.2 Å². The number of benzene rings is 2. The van der Waals surface area contributed by atoms with Crippen molar-refractivity contribution in [3.8, 4) is 5.75 Å². The van der Waals surface area contributed by atoms with Gasteiger partial charge in [0, 0.05) is 20.0 Å². The maximum Gasteiger partial charge on any atom is 0.341 e. The quantitative estimate of drug-likeness (QED) is 0.647. The average Bonchev–Trinajstić information content (AvgIpc) is 2.65. The number of carboxylic acids is 1. The van der Waals surface area contributed by atoms with Crippen LogP contribution in [0.4, 0.5) is 0 Å². The molecule has 2 aromatic rings. The predicted octanol–water partition coefficient (Wildman–Crippen LogP) is 3.83. The molecule has 1 amide bonds. The zero-order valence-corrected chi connectivity index (χ0v) is 16.0. The van der Waals surface area contributed by atoms with Crippen LogP contribution in [0, 0.1) is 6.92 Å². The molecule has 0 spiro atoms. The Balaban J connectivity index is 1.70. The molecule has 0 bridgehead atoms. The molecule has 27 heavy (non-hydrogen) atoms. The van der Waals surface area contributed by atoms with E-state index >= 15 is 0 Å². The number of hydrogen-bond acceptors (Lipinski definition) is 3. The molecule has 0 radical (unpaired) electrons. The summed E-state index contributed by atoms with van der Waals surface area (Å²) in [4.78, 5) is 24.5. The van der Waals surface area contributed by atoms with Crippen LogP contribution in [0.5, 0.6) is 5.75 Å². The van der Waals surface area contributed by atoms with Gasteiger partial charge in [-0.15, -0.1) is 0 Å². The van der Waals surface area contributed by atoms with Gasteiger partial charge in [-0.1, -0.05) is 42.0 Å². The fraction of sp³-hybridized carbons (Fsp3) is 0.364. The Hall–Kier alpha value is -2.82. The number of carbonyl (C=O) groups excluding carboxylic acids is 1. The summed E-state index contributed by atoms with van der Waals surface area (Å²) in [5, 5.41) is 8.60. The lowest BCUT2D eigenvalue weighted by atomic mass is 10.1. The summed E-state index contributed by atoms with van der Waals surface area (Å²) in [5.74, 6) is -0.372. The molecule has 0 atom stereocenters. The van der Waals surface area contributed by atoms with E-state index in [1.807, 2.05) is 12.1 Å². The van der Waals surface area contributed by atoms with Crippen LogP contribution in [0.3, 0.4) is 0 Å². The van der Waals surface area contributed by atoms with E-state index in [1.54, 1.807) is 24.1 Å². The lowest BCUT2D eigenvalue weighted by Gasteiger charge is -2.17. The Morgan fingerprint density at radius 2 is 1.59 bits per heavy atom. The molecule has 5 heteroatoms. The predicted molar refractivity (Wildman–Crippen MR) is 105 cm³/mol. The number of carboxylic acid groups (broad SMARTS) is 1. The molecule has 0 aliphatic heterocycles. The highest BCUT2D eigenvalue weighted by Crippen LogP contribution is 2.14. The van der Waals surface area contributed by atoms with E-state index in [9.17, 15) is 9.59 Å². The van der Waals surface area contributed by atoms with Crippen molar-refractivity contribution in [3.63, 3.8) is 0 Å². The largest absolute Gasteiger partial charge is 0.482 e. The van der Waals surface area contributed by atoms with Crippen LogP contribution in [-0.4, -0.2) is 35.5 Å². The van der Waals surface area contributed by atoms with E-state index in [0.29, 0.717) is 18.7 Å². The third-order valence-electron chi connectivity index (χ3n) is 4.36. The fourth-order valence-corrected chi connectivity index (χ4v) is 2.75. The van der Waals surface area contributed by atoms with Gasteiger partial charge in [-0.2, -0.15) is 0 Å². The highest BCUT2D eigenvalue weighted by Gasteiger charge is 2.09. The van der Waals surface area contributed by atoms with Crippen LogP contribution >= 0.6 is 0 Å². The van der Waals surface area contributed by atoms with Crippen LogP contribution in [-0.2, 0) is 22.6 Å². The van der Waals surface area contributed by atoms with Crippen molar-refractivity contribution >= 4 is 11.9 Å². The lowest BCUT2D eigenvalue weighted by molar-refractivity contribution is -0.139. The lowest BCUT2D eigenvalue weighted by Crippen LogP contribution is -2.25. The summed E-state index contributed by atoms with van der Waals surface area (Å²) < 4.78 is 5.10. The van der Waals surface area contributed by atoms with Crippen LogP contribution in [0.15, 0.2) is 48.5 Å². The van der Waals surface area contributed by atoms with Gasteiger partial charge in [0.1, 0.15) is 5.75 Å². The van der Waals surface area contributed by atoms with Gasteiger partial charge >= 0.3 is 5.97 Å². The molecule has 1 N–H and O–H groups in total. The Kier molecular flexibility index (Phi) is 7.86. The maximum atomic E-state index is 12.3. The monoisotopic (exact) mass is 369 g/mol. The minimum atomic E-state index is -1.01. The summed E-state index contributed by atoms with van der Waals surface area (Å²) in [6.07, 6.45) is 3.41. The van der Waals surface area contributed by atoms with E-state index in [0.717, 1.165) is 24.8 Å². The zero-order chi connectivity index (χ0) is 19.6. The molecule has 144 valence electrons. The molecular weight excluding hydrogens is 342 g/mol. The zero-order valence-electron chi connectivity index (χ0n) is 16.0. The number of aliphatic carboxylic acids is 1. The molecule has 0 saturated carbocycles. The highest BCUT2D eigenvalue weighted by atomic mass is 16.5. The molecule has 0 aromatic heterocycles. The van der Waals surface area contributed by atoms with Crippen molar-refractivity contribution in [2.75, 3.05) is 13.7 Å². The Morgan fingerprint density at radius 1 is 0.963 bits per heavy atom. The average molecular weight is 369 g/mol. The van der Waals surface area contributed by atoms with Gasteiger partial charge in [0.15, 0.2) is 6.61 Å². The number of aryl methyl sites for hydroxylation is 2. The SMILES string of the molecule is Cc1ccc(CCCCC(=O)N(C)Cc2ccc(OCC(=O)O)cc2)cc1. The Bertz CT molecular complexity index is 738. The normalized spacial score (nSPS) is 10.4. The second-order valence-electron chi connectivity index (χ2n) is 6.77. The van der Waals surface area contributed by atoms with Crippen molar-refractivity contribution in [2.24, 2.45) is 0 Å². The van der Waals surface area contributed by atoms with Crippen molar-refractivity contribution < 1.29 is 19.4 Å². The molecule has 2 aromatic carbocycles. The van der Waals surface area contributed by atoms with E-state index in [-0.39, 0.29) is 12.5 Å². The number of rotatable bonds is 10. The van der Waals surface area contributed by atoms with E-state index in [4.69, 9.17) is 9.84 Å². The number of amides is 1. The van der Waals surface area contributed by atoms with Crippen LogP contribution in [0.25, 0.3) is 0 Å². The summed E-state index contributed by atoms with van der Waals surface area (Å²) >= 11 is 0. The standard InChI is InChI=1S/C22H27NO4/c1-17-7-9-18(10-8-17)5-3-4-6-21(24)23(2)15-19-11-13-20(14-12-19)27-16-22(25)26/h7-14H,3-6,15-16H2,1-2H3,(H,25,26). The summed E-state index contributed by atoms with van der Waals surface area (Å²) in [5.41, 5.74) is 3.55. The molecule has 0 aliphatic carbocycles. The van der Waals surface area contributed by atoms with Gasteiger partial charge in [-0.05, 0) is 49.4 Å². The Labute approximate surface area is 160 Å². The van der Waals surface area contributed by atoms with Gasteiger partial charge in [-0.3, -0.25) is 4.79 Å². The second-order valence-corrected chi connectivity index (χ2v) is 6.77. The first-order valence-corrected chi connectivity index (χ1v) is 9.17. The number of carbonyl (C=O) groups is 2. The van der Waals surface area contributed by atoms with Gasteiger partial charge in [0.05, 0.1) is 0 Å².